The smallest absolute Gasteiger partial charge is 0.331 e. The first kappa shape index (κ1) is 11.4. The third-order valence-electron chi connectivity index (χ3n) is 1.82. The third kappa shape index (κ3) is 4.37. The molecule has 1 aromatic rings. The minimum absolute atomic E-state index is 0.286. The topological polar surface area (TPSA) is 59.4 Å². The maximum Gasteiger partial charge on any atom is 0.331 e. The third-order valence-corrected chi connectivity index (χ3v) is 1.82. The van der Waals surface area contributed by atoms with E-state index in [4.69, 9.17) is 9.84 Å². The van der Waals surface area contributed by atoms with Crippen LogP contribution in [0.2, 0.25) is 0 Å². The maximum atomic E-state index is 10.4. The SMILES string of the molecule is C/C(=C/COCc1ccccn1)C(=O)O. The number of ether oxygens (including phenoxy) is 1. The number of aromatic nitrogens is 1. The van der Waals surface area contributed by atoms with Crippen molar-refractivity contribution in [3.05, 3.63) is 41.7 Å². The highest BCUT2D eigenvalue weighted by Gasteiger charge is 1.98. The second-order valence-electron chi connectivity index (χ2n) is 3.03. The van der Waals surface area contributed by atoms with Gasteiger partial charge in [-0.1, -0.05) is 6.07 Å². The molecule has 0 saturated carbocycles. The number of rotatable bonds is 5. The fourth-order valence-corrected chi connectivity index (χ4v) is 0.918. The summed E-state index contributed by atoms with van der Waals surface area (Å²) in [5, 5.41) is 8.56. The Morgan fingerprint density at radius 3 is 3.00 bits per heavy atom. The number of hydrogen-bond donors (Lipinski definition) is 1. The van der Waals surface area contributed by atoms with Crippen LogP contribution in [0.3, 0.4) is 0 Å². The van der Waals surface area contributed by atoms with Gasteiger partial charge in [0.25, 0.3) is 0 Å². The van der Waals surface area contributed by atoms with E-state index in [-0.39, 0.29) is 12.2 Å². The van der Waals surface area contributed by atoms with Crippen molar-refractivity contribution in [1.29, 1.82) is 0 Å². The van der Waals surface area contributed by atoms with Crippen LogP contribution >= 0.6 is 0 Å². The van der Waals surface area contributed by atoms with Crippen LogP contribution in [-0.2, 0) is 16.1 Å². The van der Waals surface area contributed by atoms with Crippen LogP contribution in [0.25, 0.3) is 0 Å². The van der Waals surface area contributed by atoms with Crippen molar-refractivity contribution in [3.63, 3.8) is 0 Å². The summed E-state index contributed by atoms with van der Waals surface area (Å²) >= 11 is 0. The molecule has 0 aliphatic carbocycles. The van der Waals surface area contributed by atoms with E-state index in [0.29, 0.717) is 6.61 Å². The first-order valence-corrected chi connectivity index (χ1v) is 4.58. The van der Waals surface area contributed by atoms with E-state index >= 15 is 0 Å². The Morgan fingerprint density at radius 1 is 1.60 bits per heavy atom. The highest BCUT2D eigenvalue weighted by Crippen LogP contribution is 1.97. The summed E-state index contributed by atoms with van der Waals surface area (Å²) in [5.74, 6) is -0.920. The first-order chi connectivity index (χ1) is 7.20. The van der Waals surface area contributed by atoms with E-state index in [1.54, 1.807) is 6.20 Å². The van der Waals surface area contributed by atoms with Gasteiger partial charge in [-0.3, -0.25) is 4.98 Å². The van der Waals surface area contributed by atoms with E-state index < -0.39 is 5.97 Å². The van der Waals surface area contributed by atoms with Gasteiger partial charge in [-0.05, 0) is 25.1 Å². The van der Waals surface area contributed by atoms with Crippen LogP contribution in [0.15, 0.2) is 36.0 Å². The standard InChI is InChI=1S/C11H13NO3/c1-9(11(13)14)5-7-15-8-10-4-2-3-6-12-10/h2-6H,7-8H2,1H3,(H,13,14)/b9-5-. The van der Waals surface area contributed by atoms with Crippen molar-refractivity contribution in [1.82, 2.24) is 4.98 Å². The van der Waals surface area contributed by atoms with Gasteiger partial charge >= 0.3 is 5.97 Å². The molecule has 0 saturated heterocycles. The molecule has 1 heterocycles. The van der Waals surface area contributed by atoms with Gasteiger partial charge in [0, 0.05) is 11.8 Å². The number of aliphatic carboxylic acids is 1. The molecule has 0 unspecified atom stereocenters. The number of pyridine rings is 1. The lowest BCUT2D eigenvalue weighted by molar-refractivity contribution is -0.132. The van der Waals surface area contributed by atoms with Crippen LogP contribution in [0.5, 0.6) is 0 Å². The second kappa shape index (κ2) is 5.93. The van der Waals surface area contributed by atoms with Gasteiger partial charge in [0.15, 0.2) is 0 Å². The van der Waals surface area contributed by atoms with Crippen molar-refractivity contribution in [2.75, 3.05) is 6.61 Å². The predicted molar refractivity (Wildman–Crippen MR) is 55.3 cm³/mol. The van der Waals surface area contributed by atoms with Gasteiger partial charge in [-0.15, -0.1) is 0 Å². The number of hydrogen-bond acceptors (Lipinski definition) is 3. The fraction of sp³-hybridized carbons (Fsp3) is 0.273. The molecule has 4 nitrogen and oxygen atoms in total. The van der Waals surface area contributed by atoms with Crippen molar-refractivity contribution >= 4 is 5.97 Å². The van der Waals surface area contributed by atoms with Gasteiger partial charge in [0.2, 0.25) is 0 Å². The lowest BCUT2D eigenvalue weighted by atomic mass is 10.3. The van der Waals surface area contributed by atoms with E-state index in [1.807, 2.05) is 18.2 Å². The van der Waals surface area contributed by atoms with E-state index in [0.717, 1.165) is 5.69 Å². The normalized spacial score (nSPS) is 11.4. The van der Waals surface area contributed by atoms with Gasteiger partial charge in [0.1, 0.15) is 0 Å². The molecule has 0 aliphatic heterocycles. The van der Waals surface area contributed by atoms with Crippen molar-refractivity contribution < 1.29 is 14.6 Å². The molecule has 1 N–H and O–H groups in total. The molecule has 0 spiro atoms. The van der Waals surface area contributed by atoms with Gasteiger partial charge in [-0.25, -0.2) is 4.79 Å². The van der Waals surface area contributed by atoms with Crippen LogP contribution in [-0.4, -0.2) is 22.7 Å². The number of carbonyl (C=O) groups is 1. The molecule has 0 bridgehead atoms. The highest BCUT2D eigenvalue weighted by atomic mass is 16.5. The van der Waals surface area contributed by atoms with Crippen LogP contribution in [0, 0.1) is 0 Å². The molecule has 0 atom stereocenters. The molecular weight excluding hydrogens is 194 g/mol. The Labute approximate surface area is 88.2 Å². The molecule has 1 rings (SSSR count). The summed E-state index contributed by atoms with van der Waals surface area (Å²) < 4.78 is 5.24. The van der Waals surface area contributed by atoms with Crippen molar-refractivity contribution in [2.45, 2.75) is 13.5 Å². The molecular formula is C11H13NO3. The molecule has 0 fully saturated rings. The number of carboxylic acid groups (broad SMARTS) is 1. The van der Waals surface area contributed by atoms with Crippen LogP contribution in [0.4, 0.5) is 0 Å². The molecule has 0 radical (unpaired) electrons. The Morgan fingerprint density at radius 2 is 2.40 bits per heavy atom. The van der Waals surface area contributed by atoms with Crippen LogP contribution < -0.4 is 0 Å². The molecule has 0 aliphatic rings. The summed E-state index contributed by atoms with van der Waals surface area (Å²) in [6.07, 6.45) is 3.22. The minimum Gasteiger partial charge on any atom is -0.478 e. The Balaban J connectivity index is 2.29. The lowest BCUT2D eigenvalue weighted by Crippen LogP contribution is -2.00. The summed E-state index contributed by atoms with van der Waals surface area (Å²) in [6, 6.07) is 5.57. The van der Waals surface area contributed by atoms with Crippen molar-refractivity contribution in [2.24, 2.45) is 0 Å². The first-order valence-electron chi connectivity index (χ1n) is 4.58. The van der Waals surface area contributed by atoms with Gasteiger partial charge in [0.05, 0.1) is 18.9 Å². The molecule has 0 aromatic carbocycles. The zero-order valence-corrected chi connectivity index (χ0v) is 8.51. The number of nitrogens with zero attached hydrogens (tertiary/aromatic N) is 1. The molecule has 0 amide bonds. The molecule has 4 heteroatoms. The van der Waals surface area contributed by atoms with Crippen LogP contribution in [0.1, 0.15) is 12.6 Å². The predicted octanol–water partition coefficient (Wildman–Crippen LogP) is 1.63. The minimum atomic E-state index is -0.920. The van der Waals surface area contributed by atoms with E-state index in [2.05, 4.69) is 4.98 Å². The largest absolute Gasteiger partial charge is 0.478 e. The average Bonchev–Trinajstić information content (AvgIpc) is 2.25. The second-order valence-corrected chi connectivity index (χ2v) is 3.03. The Hall–Kier alpha value is -1.68. The summed E-state index contributed by atoms with van der Waals surface area (Å²) in [5.41, 5.74) is 1.12. The fourth-order valence-electron chi connectivity index (χ4n) is 0.918. The monoisotopic (exact) mass is 207 g/mol. The van der Waals surface area contributed by atoms with Gasteiger partial charge < -0.3 is 9.84 Å². The molecule has 1 aromatic heterocycles. The summed E-state index contributed by atoms with van der Waals surface area (Å²) in [6.45, 7) is 2.21. The number of carboxylic acids is 1. The van der Waals surface area contributed by atoms with Gasteiger partial charge in [-0.2, -0.15) is 0 Å². The molecule has 80 valence electrons. The van der Waals surface area contributed by atoms with E-state index in [1.165, 1.54) is 13.0 Å². The summed E-state index contributed by atoms with van der Waals surface area (Å²) in [7, 11) is 0. The molecule has 15 heavy (non-hydrogen) atoms. The zero-order chi connectivity index (χ0) is 11.1. The lowest BCUT2D eigenvalue weighted by Gasteiger charge is -2.00. The maximum absolute atomic E-state index is 10.4. The van der Waals surface area contributed by atoms with Crippen molar-refractivity contribution in [3.8, 4) is 0 Å². The quantitative estimate of drug-likeness (QED) is 0.589. The Bertz CT molecular complexity index is 346. The Kier molecular flexibility index (Phi) is 4.50. The van der Waals surface area contributed by atoms with E-state index in [9.17, 15) is 4.79 Å². The summed E-state index contributed by atoms with van der Waals surface area (Å²) in [4.78, 5) is 14.5. The average molecular weight is 207 g/mol. The highest BCUT2D eigenvalue weighted by molar-refractivity contribution is 5.85. The zero-order valence-electron chi connectivity index (χ0n) is 8.51.